The predicted octanol–water partition coefficient (Wildman–Crippen LogP) is 3.74. The highest BCUT2D eigenvalue weighted by Crippen LogP contribution is 2.27. The molecule has 0 amide bonds. The van der Waals surface area contributed by atoms with Crippen LogP contribution in [0.5, 0.6) is 0 Å². The highest BCUT2D eigenvalue weighted by Gasteiger charge is 2.12. The summed E-state index contributed by atoms with van der Waals surface area (Å²) >= 11 is 3.29. The van der Waals surface area contributed by atoms with Crippen molar-refractivity contribution in [3.63, 3.8) is 0 Å². The lowest BCUT2D eigenvalue weighted by atomic mass is 10.2. The van der Waals surface area contributed by atoms with Crippen molar-refractivity contribution >= 4 is 27.3 Å². The Kier molecular flexibility index (Phi) is 4.98. The van der Waals surface area contributed by atoms with Gasteiger partial charge in [-0.1, -0.05) is 28.1 Å². The number of nitrogens with zero attached hydrogens (tertiary/aromatic N) is 1. The average molecular weight is 285 g/mol. The van der Waals surface area contributed by atoms with E-state index in [0.29, 0.717) is 12.2 Å². The SMILES string of the molecule is C/C=C/CCNc1cc(Br)ccc1[N+](=O)[O-]. The molecule has 0 saturated carbocycles. The first kappa shape index (κ1) is 12.7. The molecule has 0 aliphatic rings. The van der Waals surface area contributed by atoms with Gasteiger partial charge in [-0.15, -0.1) is 0 Å². The van der Waals surface area contributed by atoms with Crippen molar-refractivity contribution in [3.8, 4) is 0 Å². The molecule has 0 radical (unpaired) electrons. The molecule has 0 aromatic heterocycles. The van der Waals surface area contributed by atoms with Gasteiger partial charge in [0.15, 0.2) is 0 Å². The van der Waals surface area contributed by atoms with E-state index in [9.17, 15) is 10.1 Å². The van der Waals surface area contributed by atoms with E-state index in [0.717, 1.165) is 10.9 Å². The quantitative estimate of drug-likeness (QED) is 0.388. The van der Waals surface area contributed by atoms with Crippen LogP contribution in [0.2, 0.25) is 0 Å². The van der Waals surface area contributed by atoms with Gasteiger partial charge >= 0.3 is 0 Å². The average Bonchev–Trinajstić information content (AvgIpc) is 2.24. The summed E-state index contributed by atoms with van der Waals surface area (Å²) in [5, 5.41) is 13.8. The maximum atomic E-state index is 10.8. The number of benzene rings is 1. The number of anilines is 1. The Morgan fingerprint density at radius 3 is 2.94 bits per heavy atom. The maximum Gasteiger partial charge on any atom is 0.292 e. The van der Waals surface area contributed by atoms with Gasteiger partial charge in [-0.3, -0.25) is 10.1 Å². The molecule has 1 aromatic carbocycles. The fourth-order valence-electron chi connectivity index (χ4n) is 1.27. The molecular formula is C11H13BrN2O2. The van der Waals surface area contributed by atoms with Crippen LogP contribution >= 0.6 is 15.9 Å². The van der Waals surface area contributed by atoms with Crippen LogP contribution in [0, 0.1) is 10.1 Å². The molecule has 0 unspecified atom stereocenters. The molecule has 0 aliphatic heterocycles. The second-order valence-corrected chi connectivity index (χ2v) is 4.12. The zero-order chi connectivity index (χ0) is 12.0. The van der Waals surface area contributed by atoms with Crippen LogP contribution in [-0.2, 0) is 0 Å². The summed E-state index contributed by atoms with van der Waals surface area (Å²) in [7, 11) is 0. The first-order valence-corrected chi connectivity index (χ1v) is 5.73. The Balaban J connectivity index is 2.76. The predicted molar refractivity (Wildman–Crippen MR) is 68.7 cm³/mol. The lowest BCUT2D eigenvalue weighted by Crippen LogP contribution is -2.03. The molecule has 0 aliphatic carbocycles. The van der Waals surface area contributed by atoms with Gasteiger partial charge in [0.25, 0.3) is 5.69 Å². The fraction of sp³-hybridized carbons (Fsp3) is 0.273. The summed E-state index contributed by atoms with van der Waals surface area (Å²) < 4.78 is 0.826. The molecule has 1 N–H and O–H groups in total. The molecule has 5 heteroatoms. The fourth-order valence-corrected chi connectivity index (χ4v) is 1.63. The number of nitro benzene ring substituents is 1. The Bertz CT molecular complexity index is 405. The third-order valence-corrected chi connectivity index (χ3v) is 2.51. The van der Waals surface area contributed by atoms with Gasteiger partial charge in [-0.2, -0.15) is 0 Å². The lowest BCUT2D eigenvalue weighted by Gasteiger charge is -2.05. The first-order valence-electron chi connectivity index (χ1n) is 4.94. The summed E-state index contributed by atoms with van der Waals surface area (Å²) in [4.78, 5) is 10.4. The minimum atomic E-state index is -0.384. The molecule has 0 saturated heterocycles. The van der Waals surface area contributed by atoms with Crippen molar-refractivity contribution in [1.82, 2.24) is 0 Å². The van der Waals surface area contributed by atoms with E-state index < -0.39 is 0 Å². The summed E-state index contributed by atoms with van der Waals surface area (Å²) in [5.41, 5.74) is 0.646. The molecule has 0 spiro atoms. The molecule has 0 heterocycles. The summed E-state index contributed by atoms with van der Waals surface area (Å²) in [6.07, 6.45) is 4.81. The number of nitrogens with one attached hydrogen (secondary N) is 1. The number of hydrogen-bond acceptors (Lipinski definition) is 3. The van der Waals surface area contributed by atoms with Gasteiger partial charge in [0.05, 0.1) is 4.92 Å². The standard InChI is InChI=1S/C11H13BrN2O2/c1-2-3-4-7-13-10-8-9(12)5-6-11(10)14(15)16/h2-3,5-6,8,13H,4,7H2,1H3/b3-2+. The van der Waals surface area contributed by atoms with Gasteiger partial charge in [0, 0.05) is 17.1 Å². The van der Waals surface area contributed by atoms with Crippen LogP contribution < -0.4 is 5.32 Å². The molecular weight excluding hydrogens is 272 g/mol. The van der Waals surface area contributed by atoms with Crippen LogP contribution in [0.3, 0.4) is 0 Å². The van der Waals surface area contributed by atoms with Crippen molar-refractivity contribution in [2.24, 2.45) is 0 Å². The van der Waals surface area contributed by atoms with E-state index in [2.05, 4.69) is 21.2 Å². The molecule has 1 rings (SSSR count). The maximum absolute atomic E-state index is 10.8. The molecule has 1 aromatic rings. The van der Waals surface area contributed by atoms with E-state index >= 15 is 0 Å². The largest absolute Gasteiger partial charge is 0.379 e. The second-order valence-electron chi connectivity index (χ2n) is 3.20. The molecule has 86 valence electrons. The third-order valence-electron chi connectivity index (χ3n) is 2.02. The number of allylic oxidation sites excluding steroid dienone is 1. The molecule has 4 nitrogen and oxygen atoms in total. The van der Waals surface area contributed by atoms with Gasteiger partial charge in [0.1, 0.15) is 5.69 Å². The Morgan fingerprint density at radius 1 is 1.56 bits per heavy atom. The number of nitro groups is 1. The van der Waals surface area contributed by atoms with Crippen LogP contribution in [-0.4, -0.2) is 11.5 Å². The summed E-state index contributed by atoms with van der Waals surface area (Å²) in [6, 6.07) is 4.87. The minimum absolute atomic E-state index is 0.101. The Morgan fingerprint density at radius 2 is 2.31 bits per heavy atom. The topological polar surface area (TPSA) is 55.2 Å². The van der Waals surface area contributed by atoms with Crippen molar-refractivity contribution < 1.29 is 4.92 Å². The minimum Gasteiger partial charge on any atom is -0.379 e. The number of rotatable bonds is 5. The molecule has 0 bridgehead atoms. The van der Waals surface area contributed by atoms with Gasteiger partial charge in [0.2, 0.25) is 0 Å². The van der Waals surface area contributed by atoms with E-state index in [1.54, 1.807) is 12.1 Å². The summed E-state index contributed by atoms with van der Waals surface area (Å²) in [5.74, 6) is 0. The van der Waals surface area contributed by atoms with E-state index in [1.165, 1.54) is 6.07 Å². The normalized spacial score (nSPS) is 10.6. The van der Waals surface area contributed by atoms with Crippen LogP contribution in [0.15, 0.2) is 34.8 Å². The highest BCUT2D eigenvalue weighted by atomic mass is 79.9. The van der Waals surface area contributed by atoms with E-state index in [1.807, 2.05) is 19.1 Å². The zero-order valence-corrected chi connectivity index (χ0v) is 10.5. The van der Waals surface area contributed by atoms with Gasteiger partial charge in [-0.05, 0) is 25.5 Å². The first-order chi connectivity index (χ1) is 7.65. The molecule has 0 fully saturated rings. The Hall–Kier alpha value is -1.36. The van der Waals surface area contributed by atoms with Gasteiger partial charge < -0.3 is 5.32 Å². The van der Waals surface area contributed by atoms with Crippen LogP contribution in [0.4, 0.5) is 11.4 Å². The van der Waals surface area contributed by atoms with Crippen molar-refractivity contribution in [3.05, 3.63) is 44.9 Å². The van der Waals surface area contributed by atoms with Crippen LogP contribution in [0.1, 0.15) is 13.3 Å². The Labute approximate surface area is 103 Å². The van der Waals surface area contributed by atoms with Crippen molar-refractivity contribution in [2.75, 3.05) is 11.9 Å². The lowest BCUT2D eigenvalue weighted by molar-refractivity contribution is -0.384. The van der Waals surface area contributed by atoms with Crippen molar-refractivity contribution in [1.29, 1.82) is 0 Å². The smallest absolute Gasteiger partial charge is 0.292 e. The second kappa shape index (κ2) is 6.27. The number of halogens is 1. The third kappa shape index (κ3) is 3.66. The zero-order valence-electron chi connectivity index (χ0n) is 8.94. The van der Waals surface area contributed by atoms with Crippen LogP contribution in [0.25, 0.3) is 0 Å². The monoisotopic (exact) mass is 284 g/mol. The van der Waals surface area contributed by atoms with E-state index in [4.69, 9.17) is 0 Å². The number of hydrogen-bond donors (Lipinski definition) is 1. The van der Waals surface area contributed by atoms with Crippen molar-refractivity contribution in [2.45, 2.75) is 13.3 Å². The van der Waals surface area contributed by atoms with Gasteiger partial charge in [-0.25, -0.2) is 0 Å². The molecule has 16 heavy (non-hydrogen) atoms. The molecule has 0 atom stereocenters. The summed E-state index contributed by atoms with van der Waals surface area (Å²) in [6.45, 7) is 2.63. The highest BCUT2D eigenvalue weighted by molar-refractivity contribution is 9.10. The van der Waals surface area contributed by atoms with E-state index in [-0.39, 0.29) is 10.6 Å².